The first-order chi connectivity index (χ1) is 6.66. The number of hydrazine groups is 2. The van der Waals surface area contributed by atoms with Crippen LogP contribution in [0.2, 0.25) is 0 Å². The van der Waals surface area contributed by atoms with Gasteiger partial charge in [-0.25, -0.2) is 16.5 Å². The molecule has 1 heterocycles. The normalized spacial score (nSPS) is 9.29. The standard InChI is InChI=1S/C7H9N5O2/c8-11-7(14)12(9)6(13)5-3-1-2-4-10-5/h1-4H,8-9H2,(H,11,14). The van der Waals surface area contributed by atoms with Crippen molar-refractivity contribution in [3.63, 3.8) is 0 Å². The zero-order valence-corrected chi connectivity index (χ0v) is 7.18. The number of nitrogens with two attached hydrogens (primary N) is 2. The Bertz CT molecular complexity index is 339. The minimum atomic E-state index is -0.902. The van der Waals surface area contributed by atoms with E-state index in [1.165, 1.54) is 12.3 Å². The molecule has 1 rings (SSSR count). The summed E-state index contributed by atoms with van der Waals surface area (Å²) < 4.78 is 0. The molecule has 0 aliphatic rings. The second-order valence-electron chi connectivity index (χ2n) is 2.34. The maximum absolute atomic E-state index is 11.4. The van der Waals surface area contributed by atoms with Crippen molar-refractivity contribution in [2.24, 2.45) is 11.7 Å². The van der Waals surface area contributed by atoms with E-state index in [4.69, 9.17) is 11.7 Å². The first-order valence-electron chi connectivity index (χ1n) is 3.67. The molecule has 0 aliphatic carbocycles. The second kappa shape index (κ2) is 4.30. The molecule has 0 radical (unpaired) electrons. The van der Waals surface area contributed by atoms with Crippen molar-refractivity contribution in [2.75, 3.05) is 0 Å². The third-order valence-electron chi connectivity index (χ3n) is 1.45. The van der Waals surface area contributed by atoms with Crippen LogP contribution in [0, 0.1) is 0 Å². The summed E-state index contributed by atoms with van der Waals surface area (Å²) >= 11 is 0. The number of nitrogens with zero attached hydrogens (tertiary/aromatic N) is 2. The number of hydrogen-bond acceptors (Lipinski definition) is 5. The Labute approximate surface area is 79.6 Å². The number of aromatic nitrogens is 1. The Morgan fingerprint density at radius 1 is 1.43 bits per heavy atom. The molecule has 0 saturated heterocycles. The van der Waals surface area contributed by atoms with Crippen LogP contribution in [0.25, 0.3) is 0 Å². The van der Waals surface area contributed by atoms with Gasteiger partial charge in [0.15, 0.2) is 0 Å². The zero-order valence-electron chi connectivity index (χ0n) is 7.18. The van der Waals surface area contributed by atoms with Crippen LogP contribution < -0.4 is 17.1 Å². The molecule has 74 valence electrons. The van der Waals surface area contributed by atoms with E-state index in [1.54, 1.807) is 17.6 Å². The lowest BCUT2D eigenvalue weighted by Gasteiger charge is -2.12. The predicted octanol–water partition coefficient (Wildman–Crippen LogP) is -1.02. The minimum Gasteiger partial charge on any atom is -0.274 e. The molecule has 0 aromatic carbocycles. The van der Waals surface area contributed by atoms with Crippen LogP contribution in [-0.2, 0) is 0 Å². The summed E-state index contributed by atoms with van der Waals surface area (Å²) in [6, 6.07) is 3.78. The topological polar surface area (TPSA) is 114 Å². The number of urea groups is 1. The van der Waals surface area contributed by atoms with Gasteiger partial charge in [0, 0.05) is 6.20 Å². The second-order valence-corrected chi connectivity index (χ2v) is 2.34. The molecular weight excluding hydrogens is 186 g/mol. The summed E-state index contributed by atoms with van der Waals surface area (Å²) in [5.41, 5.74) is 1.80. The van der Waals surface area contributed by atoms with Gasteiger partial charge in [0.25, 0.3) is 5.91 Å². The number of carbonyl (C=O) groups is 2. The number of rotatable bonds is 1. The zero-order chi connectivity index (χ0) is 10.6. The lowest BCUT2D eigenvalue weighted by atomic mass is 10.3. The molecule has 1 aromatic heterocycles. The highest BCUT2D eigenvalue weighted by Crippen LogP contribution is 1.97. The van der Waals surface area contributed by atoms with Crippen LogP contribution in [0.3, 0.4) is 0 Å². The monoisotopic (exact) mass is 195 g/mol. The fourth-order valence-corrected chi connectivity index (χ4v) is 0.774. The fraction of sp³-hybridized carbons (Fsp3) is 0. The van der Waals surface area contributed by atoms with Gasteiger partial charge in [0.2, 0.25) is 0 Å². The van der Waals surface area contributed by atoms with E-state index >= 15 is 0 Å². The first-order valence-corrected chi connectivity index (χ1v) is 3.67. The molecule has 14 heavy (non-hydrogen) atoms. The number of nitrogens with one attached hydrogen (secondary N) is 1. The molecule has 7 nitrogen and oxygen atoms in total. The SMILES string of the molecule is NNC(=O)N(N)C(=O)c1ccccn1. The molecule has 0 aliphatic heterocycles. The van der Waals surface area contributed by atoms with Gasteiger partial charge in [-0.1, -0.05) is 6.07 Å². The number of imide groups is 1. The number of carbonyl (C=O) groups excluding carboxylic acids is 2. The van der Waals surface area contributed by atoms with Crippen molar-refractivity contribution < 1.29 is 9.59 Å². The van der Waals surface area contributed by atoms with Gasteiger partial charge in [0.1, 0.15) is 5.69 Å². The van der Waals surface area contributed by atoms with Crippen molar-refractivity contribution in [3.8, 4) is 0 Å². The minimum absolute atomic E-state index is 0.0681. The quantitative estimate of drug-likeness (QED) is 0.301. The molecule has 0 fully saturated rings. The fourth-order valence-electron chi connectivity index (χ4n) is 0.774. The molecule has 5 N–H and O–H groups in total. The highest BCUT2D eigenvalue weighted by atomic mass is 16.2. The largest absolute Gasteiger partial charge is 0.353 e. The highest BCUT2D eigenvalue weighted by molar-refractivity contribution is 6.02. The lowest BCUT2D eigenvalue weighted by molar-refractivity contribution is 0.0794. The number of pyridine rings is 1. The van der Waals surface area contributed by atoms with E-state index in [-0.39, 0.29) is 5.69 Å². The van der Waals surface area contributed by atoms with Gasteiger partial charge in [-0.2, -0.15) is 5.01 Å². The van der Waals surface area contributed by atoms with Gasteiger partial charge in [0.05, 0.1) is 0 Å². The third-order valence-corrected chi connectivity index (χ3v) is 1.45. The maximum atomic E-state index is 11.4. The van der Waals surface area contributed by atoms with Crippen molar-refractivity contribution in [3.05, 3.63) is 30.1 Å². The van der Waals surface area contributed by atoms with E-state index in [0.29, 0.717) is 5.01 Å². The number of amides is 3. The van der Waals surface area contributed by atoms with Crippen LogP contribution in [0.4, 0.5) is 4.79 Å². The average molecular weight is 195 g/mol. The summed E-state index contributed by atoms with van der Waals surface area (Å²) in [5, 5.41) is 0.350. The van der Waals surface area contributed by atoms with Crippen LogP contribution >= 0.6 is 0 Å². The Kier molecular flexibility index (Phi) is 3.10. The first kappa shape index (κ1) is 10.1. The predicted molar refractivity (Wildman–Crippen MR) is 47.3 cm³/mol. The number of hydrogen-bond donors (Lipinski definition) is 3. The molecule has 0 spiro atoms. The van der Waals surface area contributed by atoms with E-state index < -0.39 is 11.9 Å². The van der Waals surface area contributed by atoms with Gasteiger partial charge in [-0.3, -0.25) is 15.2 Å². The smallest absolute Gasteiger partial charge is 0.274 e. The van der Waals surface area contributed by atoms with Crippen molar-refractivity contribution in [1.29, 1.82) is 0 Å². The van der Waals surface area contributed by atoms with Crippen LogP contribution in [-0.4, -0.2) is 21.9 Å². The van der Waals surface area contributed by atoms with E-state index in [0.717, 1.165) is 0 Å². The van der Waals surface area contributed by atoms with E-state index in [1.807, 2.05) is 0 Å². The third kappa shape index (κ3) is 2.03. The summed E-state index contributed by atoms with van der Waals surface area (Å²) in [7, 11) is 0. The summed E-state index contributed by atoms with van der Waals surface area (Å²) in [6.45, 7) is 0. The molecular formula is C7H9N5O2. The van der Waals surface area contributed by atoms with Crippen LogP contribution in [0.1, 0.15) is 10.5 Å². The van der Waals surface area contributed by atoms with Gasteiger partial charge in [-0.15, -0.1) is 0 Å². The Balaban J connectivity index is 2.81. The van der Waals surface area contributed by atoms with Gasteiger partial charge >= 0.3 is 6.03 Å². The molecule has 0 unspecified atom stereocenters. The highest BCUT2D eigenvalue weighted by Gasteiger charge is 2.18. The maximum Gasteiger partial charge on any atom is 0.353 e. The van der Waals surface area contributed by atoms with Crippen molar-refractivity contribution >= 4 is 11.9 Å². The van der Waals surface area contributed by atoms with Crippen LogP contribution in [0.15, 0.2) is 24.4 Å². The van der Waals surface area contributed by atoms with Crippen molar-refractivity contribution in [2.45, 2.75) is 0 Å². The van der Waals surface area contributed by atoms with Crippen molar-refractivity contribution in [1.82, 2.24) is 15.4 Å². The molecule has 0 bridgehead atoms. The summed E-state index contributed by atoms with van der Waals surface area (Å²) in [6.07, 6.45) is 1.42. The summed E-state index contributed by atoms with van der Waals surface area (Å²) in [4.78, 5) is 25.9. The van der Waals surface area contributed by atoms with E-state index in [2.05, 4.69) is 4.98 Å². The molecule has 3 amide bonds. The summed E-state index contributed by atoms with van der Waals surface area (Å²) in [5.74, 6) is 9.22. The Morgan fingerprint density at radius 3 is 2.64 bits per heavy atom. The molecule has 1 aromatic rings. The Morgan fingerprint density at radius 2 is 2.14 bits per heavy atom. The molecule has 0 saturated carbocycles. The van der Waals surface area contributed by atoms with Crippen LogP contribution in [0.5, 0.6) is 0 Å². The Hall–Kier alpha value is -1.99. The lowest BCUT2D eigenvalue weighted by Crippen LogP contribution is -2.50. The van der Waals surface area contributed by atoms with Gasteiger partial charge in [-0.05, 0) is 12.1 Å². The van der Waals surface area contributed by atoms with E-state index in [9.17, 15) is 9.59 Å². The molecule has 7 heteroatoms. The average Bonchev–Trinajstić information content (AvgIpc) is 2.27. The van der Waals surface area contributed by atoms with Gasteiger partial charge < -0.3 is 0 Å². The molecule has 0 atom stereocenters.